The largest absolute Gasteiger partial charge is 0.497 e. The molecule has 0 atom stereocenters. The lowest BCUT2D eigenvalue weighted by Crippen LogP contribution is -2.05. The SMILES string of the molecule is CCc1ccc(-c2cc(OC)ccc2F)c(C2=CCOCC2)c1. The van der Waals surface area contributed by atoms with Crippen molar-refractivity contribution in [2.24, 2.45) is 0 Å². The molecule has 1 aliphatic heterocycles. The molecule has 2 aromatic rings. The molecule has 0 radical (unpaired) electrons. The molecule has 0 bridgehead atoms. The Morgan fingerprint density at radius 1 is 1.09 bits per heavy atom. The van der Waals surface area contributed by atoms with E-state index in [1.165, 1.54) is 17.2 Å². The van der Waals surface area contributed by atoms with Gasteiger partial charge in [-0.2, -0.15) is 0 Å². The van der Waals surface area contributed by atoms with Crippen molar-refractivity contribution in [3.63, 3.8) is 0 Å². The minimum Gasteiger partial charge on any atom is -0.497 e. The second-order valence-corrected chi connectivity index (χ2v) is 5.63. The van der Waals surface area contributed by atoms with Crippen LogP contribution in [0.25, 0.3) is 16.7 Å². The van der Waals surface area contributed by atoms with Crippen LogP contribution in [0.4, 0.5) is 4.39 Å². The number of aryl methyl sites for hydroxylation is 1. The van der Waals surface area contributed by atoms with Crippen molar-refractivity contribution in [2.75, 3.05) is 20.3 Å². The molecular weight excluding hydrogens is 291 g/mol. The maximum atomic E-state index is 14.4. The first kappa shape index (κ1) is 15.8. The average molecular weight is 312 g/mol. The number of hydrogen-bond acceptors (Lipinski definition) is 2. The Bertz CT molecular complexity index is 734. The maximum Gasteiger partial charge on any atom is 0.131 e. The van der Waals surface area contributed by atoms with E-state index in [-0.39, 0.29) is 5.82 Å². The first-order valence-electron chi connectivity index (χ1n) is 7.97. The molecule has 0 aliphatic carbocycles. The van der Waals surface area contributed by atoms with E-state index < -0.39 is 0 Å². The second kappa shape index (κ2) is 6.97. The maximum absolute atomic E-state index is 14.4. The number of methoxy groups -OCH3 is 1. The van der Waals surface area contributed by atoms with Gasteiger partial charge in [-0.05, 0) is 53.3 Å². The van der Waals surface area contributed by atoms with E-state index in [0.717, 1.165) is 24.0 Å². The first-order valence-corrected chi connectivity index (χ1v) is 7.97. The van der Waals surface area contributed by atoms with Crippen LogP contribution >= 0.6 is 0 Å². The lowest BCUT2D eigenvalue weighted by Gasteiger charge is -2.19. The first-order chi connectivity index (χ1) is 11.2. The van der Waals surface area contributed by atoms with Gasteiger partial charge in [0.2, 0.25) is 0 Å². The van der Waals surface area contributed by atoms with Crippen molar-refractivity contribution in [3.8, 4) is 16.9 Å². The minimum atomic E-state index is -0.232. The Morgan fingerprint density at radius 3 is 2.65 bits per heavy atom. The summed E-state index contributed by atoms with van der Waals surface area (Å²) >= 11 is 0. The van der Waals surface area contributed by atoms with Crippen LogP contribution in [0.3, 0.4) is 0 Å². The lowest BCUT2D eigenvalue weighted by atomic mass is 9.90. The van der Waals surface area contributed by atoms with Gasteiger partial charge < -0.3 is 9.47 Å². The minimum absolute atomic E-state index is 0.232. The highest BCUT2D eigenvalue weighted by Gasteiger charge is 2.16. The summed E-state index contributed by atoms with van der Waals surface area (Å²) in [7, 11) is 1.60. The van der Waals surface area contributed by atoms with Gasteiger partial charge in [0.25, 0.3) is 0 Å². The van der Waals surface area contributed by atoms with Crippen molar-refractivity contribution in [3.05, 3.63) is 59.4 Å². The van der Waals surface area contributed by atoms with Gasteiger partial charge in [0.05, 0.1) is 20.3 Å². The molecule has 2 aromatic carbocycles. The fourth-order valence-corrected chi connectivity index (χ4v) is 2.92. The molecule has 0 saturated carbocycles. The van der Waals surface area contributed by atoms with E-state index in [4.69, 9.17) is 9.47 Å². The topological polar surface area (TPSA) is 18.5 Å². The molecule has 3 rings (SSSR count). The van der Waals surface area contributed by atoms with E-state index in [1.54, 1.807) is 19.2 Å². The van der Waals surface area contributed by atoms with Gasteiger partial charge in [0.1, 0.15) is 11.6 Å². The van der Waals surface area contributed by atoms with Gasteiger partial charge in [-0.1, -0.05) is 31.2 Å². The molecule has 0 amide bonds. The predicted octanol–water partition coefficient (Wildman–Crippen LogP) is 4.87. The van der Waals surface area contributed by atoms with Crippen molar-refractivity contribution in [2.45, 2.75) is 19.8 Å². The number of halogens is 1. The van der Waals surface area contributed by atoms with Crippen molar-refractivity contribution in [1.82, 2.24) is 0 Å². The van der Waals surface area contributed by atoms with Gasteiger partial charge in [0.15, 0.2) is 0 Å². The Labute approximate surface area is 136 Å². The van der Waals surface area contributed by atoms with Gasteiger partial charge in [-0.3, -0.25) is 0 Å². The summed E-state index contributed by atoms with van der Waals surface area (Å²) in [5, 5.41) is 0. The number of rotatable bonds is 4. The Hall–Kier alpha value is -2.13. The van der Waals surface area contributed by atoms with Crippen LogP contribution < -0.4 is 4.74 Å². The van der Waals surface area contributed by atoms with Crippen LogP contribution in [-0.2, 0) is 11.2 Å². The standard InChI is InChI=1S/C20H21FO2/c1-3-14-4-6-17(18(12-14)15-8-10-23-11-9-15)19-13-16(22-2)5-7-20(19)21/h4-8,12-13H,3,9-11H2,1-2H3. The number of hydrogen-bond donors (Lipinski definition) is 0. The van der Waals surface area contributed by atoms with Crippen molar-refractivity contribution >= 4 is 5.57 Å². The molecule has 0 fully saturated rings. The highest BCUT2D eigenvalue weighted by molar-refractivity contribution is 5.82. The van der Waals surface area contributed by atoms with Gasteiger partial charge >= 0.3 is 0 Å². The van der Waals surface area contributed by atoms with Crippen LogP contribution in [0, 0.1) is 5.82 Å². The summed E-state index contributed by atoms with van der Waals surface area (Å²) in [6.45, 7) is 3.46. The Balaban J connectivity index is 2.17. The van der Waals surface area contributed by atoms with E-state index >= 15 is 0 Å². The van der Waals surface area contributed by atoms with Crippen molar-refractivity contribution < 1.29 is 13.9 Å². The summed E-state index contributed by atoms with van der Waals surface area (Å²) in [4.78, 5) is 0. The molecule has 0 unspecified atom stereocenters. The summed E-state index contributed by atoms with van der Waals surface area (Å²) in [5.74, 6) is 0.428. The van der Waals surface area contributed by atoms with Crippen LogP contribution in [0.15, 0.2) is 42.5 Å². The zero-order valence-corrected chi connectivity index (χ0v) is 13.6. The smallest absolute Gasteiger partial charge is 0.131 e. The molecule has 1 aliphatic rings. The van der Waals surface area contributed by atoms with E-state index in [0.29, 0.717) is 24.5 Å². The Morgan fingerprint density at radius 2 is 1.96 bits per heavy atom. The summed E-state index contributed by atoms with van der Waals surface area (Å²) < 4.78 is 25.1. The third-order valence-electron chi connectivity index (χ3n) is 4.27. The monoisotopic (exact) mass is 312 g/mol. The fourth-order valence-electron chi connectivity index (χ4n) is 2.92. The molecule has 1 heterocycles. The van der Waals surface area contributed by atoms with Crippen LogP contribution in [0.5, 0.6) is 5.75 Å². The molecule has 120 valence electrons. The fraction of sp³-hybridized carbons (Fsp3) is 0.300. The highest BCUT2D eigenvalue weighted by Crippen LogP contribution is 2.35. The van der Waals surface area contributed by atoms with Gasteiger partial charge in [-0.15, -0.1) is 0 Å². The number of ether oxygens (including phenoxy) is 2. The molecule has 0 aromatic heterocycles. The molecule has 0 N–H and O–H groups in total. The third kappa shape index (κ3) is 3.30. The average Bonchev–Trinajstić information content (AvgIpc) is 2.62. The molecule has 3 heteroatoms. The Kier molecular flexibility index (Phi) is 4.77. The van der Waals surface area contributed by atoms with Crippen LogP contribution in [0.1, 0.15) is 24.5 Å². The molecule has 0 saturated heterocycles. The molecule has 0 spiro atoms. The van der Waals surface area contributed by atoms with E-state index in [9.17, 15) is 4.39 Å². The zero-order valence-electron chi connectivity index (χ0n) is 13.6. The summed E-state index contributed by atoms with van der Waals surface area (Å²) in [6, 6.07) is 11.1. The third-order valence-corrected chi connectivity index (χ3v) is 4.27. The summed E-state index contributed by atoms with van der Waals surface area (Å²) in [6.07, 6.45) is 3.91. The van der Waals surface area contributed by atoms with Crippen LogP contribution in [-0.4, -0.2) is 20.3 Å². The van der Waals surface area contributed by atoms with Gasteiger partial charge in [0, 0.05) is 5.56 Å². The van der Waals surface area contributed by atoms with E-state index in [2.05, 4.69) is 25.1 Å². The highest BCUT2D eigenvalue weighted by atomic mass is 19.1. The van der Waals surface area contributed by atoms with Gasteiger partial charge in [-0.25, -0.2) is 4.39 Å². The summed E-state index contributed by atoms with van der Waals surface area (Å²) in [5.41, 5.74) is 5.06. The second-order valence-electron chi connectivity index (χ2n) is 5.63. The molecular formula is C20H21FO2. The lowest BCUT2D eigenvalue weighted by molar-refractivity contribution is 0.161. The quantitative estimate of drug-likeness (QED) is 0.802. The predicted molar refractivity (Wildman–Crippen MR) is 91.2 cm³/mol. The molecule has 2 nitrogen and oxygen atoms in total. The van der Waals surface area contributed by atoms with Crippen LogP contribution in [0.2, 0.25) is 0 Å². The molecule has 23 heavy (non-hydrogen) atoms. The van der Waals surface area contributed by atoms with Crippen molar-refractivity contribution in [1.29, 1.82) is 0 Å². The number of benzene rings is 2. The zero-order chi connectivity index (χ0) is 16.2. The normalized spacial score (nSPS) is 14.5. The van der Waals surface area contributed by atoms with E-state index in [1.807, 2.05) is 6.07 Å².